The Labute approximate surface area is 144 Å². The summed E-state index contributed by atoms with van der Waals surface area (Å²) in [5.41, 5.74) is 7.63. The Morgan fingerprint density at radius 3 is 2.25 bits per heavy atom. The second-order valence-corrected chi connectivity index (χ2v) is 7.15. The molecule has 0 fully saturated rings. The topological polar surface area (TPSA) is 35.2 Å². The fourth-order valence-corrected chi connectivity index (χ4v) is 3.37. The van der Waals surface area contributed by atoms with E-state index in [1.807, 2.05) is 19.1 Å². The predicted molar refractivity (Wildman–Crippen MR) is 88.4 cm³/mol. The number of rotatable bonds is 6. The van der Waals surface area contributed by atoms with Crippen molar-refractivity contribution in [3.63, 3.8) is 0 Å². The van der Waals surface area contributed by atoms with Gasteiger partial charge in [-0.2, -0.15) is 0 Å². The zero-order chi connectivity index (χ0) is 14.6. The van der Waals surface area contributed by atoms with Crippen molar-refractivity contribution in [2.75, 3.05) is 39.5 Å². The van der Waals surface area contributed by atoms with Crippen molar-refractivity contribution in [2.45, 2.75) is 6.92 Å². The summed E-state index contributed by atoms with van der Waals surface area (Å²) in [7, 11) is 4.34. The number of likely N-dealkylation sites (N-methyl/N-ethyl adjacent to an activating group) is 1. The van der Waals surface area contributed by atoms with Crippen LogP contribution >= 0.6 is 31.9 Å². The van der Waals surface area contributed by atoms with Crippen LogP contribution in [0.25, 0.3) is 0 Å². The summed E-state index contributed by atoms with van der Waals surface area (Å²) in [6.07, 6.45) is 0. The third-order valence-electron chi connectivity index (χ3n) is 2.66. The van der Waals surface area contributed by atoms with Gasteiger partial charge in [0.25, 0.3) is 0 Å². The van der Waals surface area contributed by atoms with Crippen molar-refractivity contribution in [1.82, 2.24) is 0 Å². The van der Waals surface area contributed by atoms with Crippen LogP contribution < -0.4 is 22.9 Å². The molecule has 1 aromatic rings. The quantitative estimate of drug-likeness (QED) is 0.414. The van der Waals surface area contributed by atoms with E-state index in [-0.39, 0.29) is 12.4 Å². The molecule has 2 N–H and O–H groups in total. The number of anilines is 1. The fourth-order valence-electron chi connectivity index (χ4n) is 1.92. The number of benzene rings is 1. The lowest BCUT2D eigenvalue weighted by Crippen LogP contribution is -3.00. The summed E-state index contributed by atoms with van der Waals surface area (Å²) in [4.78, 5) is 0. The Morgan fingerprint density at radius 1 is 1.30 bits per heavy atom. The van der Waals surface area contributed by atoms with Gasteiger partial charge in [-0.05, 0) is 56.5 Å². The van der Waals surface area contributed by atoms with Crippen LogP contribution in [0.15, 0.2) is 33.2 Å². The number of nitrogens with zero attached hydrogens (tertiary/aromatic N) is 1. The first-order valence-electron chi connectivity index (χ1n) is 6.05. The van der Waals surface area contributed by atoms with Crippen LogP contribution in [0.1, 0.15) is 6.92 Å². The summed E-state index contributed by atoms with van der Waals surface area (Å²) in [5, 5.41) is 0. The molecule has 0 amide bonds. The van der Waals surface area contributed by atoms with Gasteiger partial charge in [0.15, 0.2) is 0 Å². The van der Waals surface area contributed by atoms with Crippen molar-refractivity contribution in [3.05, 3.63) is 33.2 Å². The van der Waals surface area contributed by atoms with E-state index >= 15 is 0 Å². The van der Waals surface area contributed by atoms with Crippen molar-refractivity contribution in [2.24, 2.45) is 0 Å². The number of hydrogen-bond acceptors (Lipinski definition) is 2. The molecule has 0 aliphatic heterocycles. The third-order valence-corrected chi connectivity index (χ3v) is 3.84. The largest absolute Gasteiger partial charge is 1.00 e. The van der Waals surface area contributed by atoms with E-state index in [0.717, 1.165) is 32.3 Å². The fraction of sp³-hybridized carbons (Fsp3) is 0.429. The van der Waals surface area contributed by atoms with Gasteiger partial charge in [-0.3, -0.25) is 0 Å². The Hall–Kier alpha value is -0.230. The van der Waals surface area contributed by atoms with Gasteiger partial charge < -0.3 is 27.4 Å². The first-order chi connectivity index (χ1) is 8.71. The average Bonchev–Trinajstić information content (AvgIpc) is 2.19. The van der Waals surface area contributed by atoms with Gasteiger partial charge >= 0.3 is 0 Å². The highest BCUT2D eigenvalue weighted by Gasteiger charge is 2.16. The molecule has 0 saturated carbocycles. The van der Waals surface area contributed by atoms with Crippen LogP contribution in [-0.4, -0.2) is 38.3 Å². The molecule has 3 nitrogen and oxygen atoms in total. The first kappa shape index (κ1) is 19.8. The van der Waals surface area contributed by atoms with Crippen molar-refractivity contribution < 1.29 is 21.6 Å². The molecule has 0 unspecified atom stereocenters. The molecule has 0 saturated heterocycles. The zero-order valence-electron chi connectivity index (χ0n) is 12.0. The standard InChI is InChI=1S/C14H21Br2N2O.ClH/c1-10(2)9-18(3,4)5-6-19-14-12(15)7-11(17)8-13(14)16;/h7-8H,1,5-6,9,17H2,2-4H3;1H/q+1;/p-1. The maximum absolute atomic E-state index is 5.85. The predicted octanol–water partition coefficient (Wildman–Crippen LogP) is 0.829. The van der Waals surface area contributed by atoms with E-state index in [1.54, 1.807) is 0 Å². The highest BCUT2D eigenvalue weighted by atomic mass is 79.9. The highest BCUT2D eigenvalue weighted by molar-refractivity contribution is 9.11. The summed E-state index contributed by atoms with van der Waals surface area (Å²) in [6, 6.07) is 3.68. The van der Waals surface area contributed by atoms with E-state index in [4.69, 9.17) is 10.5 Å². The Morgan fingerprint density at radius 2 is 1.80 bits per heavy atom. The molecule has 6 heteroatoms. The van der Waals surface area contributed by atoms with E-state index in [2.05, 4.69) is 52.5 Å². The molecule has 0 aliphatic carbocycles. The van der Waals surface area contributed by atoms with Gasteiger partial charge in [0.05, 0.1) is 29.6 Å². The number of nitrogen functional groups attached to an aromatic ring is 1. The molecule has 0 heterocycles. The number of quaternary nitrogens is 1. The normalized spacial score (nSPS) is 10.8. The minimum atomic E-state index is 0. The molecule has 1 rings (SSSR count). The maximum atomic E-state index is 5.85. The number of halogens is 3. The molecule has 20 heavy (non-hydrogen) atoms. The zero-order valence-corrected chi connectivity index (χ0v) is 16.0. The summed E-state index contributed by atoms with van der Waals surface area (Å²) in [5.74, 6) is 0.796. The Bertz CT molecular complexity index is 455. The van der Waals surface area contributed by atoms with Gasteiger partial charge in [0.2, 0.25) is 0 Å². The highest BCUT2D eigenvalue weighted by Crippen LogP contribution is 2.35. The van der Waals surface area contributed by atoms with Crippen LogP contribution in [-0.2, 0) is 0 Å². The molecular formula is C14H21Br2ClN2O. The third kappa shape index (κ3) is 6.48. The SMILES string of the molecule is C=C(C)C[N+](C)(C)CCOc1c(Br)cc(N)cc1Br.[Cl-]. The molecule has 0 radical (unpaired) electrons. The van der Waals surface area contributed by atoms with Crippen molar-refractivity contribution in [3.8, 4) is 5.75 Å². The number of nitrogens with two attached hydrogens (primary N) is 1. The van der Waals surface area contributed by atoms with E-state index in [9.17, 15) is 0 Å². The summed E-state index contributed by atoms with van der Waals surface area (Å²) in [6.45, 7) is 8.51. The molecule has 0 aromatic heterocycles. The molecule has 1 aromatic carbocycles. The molecule has 0 aliphatic rings. The molecule has 0 atom stereocenters. The minimum absolute atomic E-state index is 0. The molecule has 0 spiro atoms. The molecule has 0 bridgehead atoms. The minimum Gasteiger partial charge on any atom is -1.00 e. The lowest BCUT2D eigenvalue weighted by Gasteiger charge is -2.29. The van der Waals surface area contributed by atoms with Crippen LogP contribution in [0.5, 0.6) is 5.75 Å². The number of hydrogen-bond donors (Lipinski definition) is 1. The molecular weight excluding hydrogens is 407 g/mol. The van der Waals surface area contributed by atoms with Crippen LogP contribution in [0, 0.1) is 0 Å². The monoisotopic (exact) mass is 426 g/mol. The second-order valence-electron chi connectivity index (χ2n) is 5.44. The Kier molecular flexibility index (Phi) is 8.18. The van der Waals surface area contributed by atoms with E-state index in [0.29, 0.717) is 12.3 Å². The number of ether oxygens (including phenoxy) is 1. The van der Waals surface area contributed by atoms with Gasteiger partial charge in [0, 0.05) is 5.69 Å². The maximum Gasteiger partial charge on any atom is 0.148 e. The smallest absolute Gasteiger partial charge is 0.148 e. The first-order valence-corrected chi connectivity index (χ1v) is 7.63. The van der Waals surface area contributed by atoms with Crippen LogP contribution in [0.3, 0.4) is 0 Å². The van der Waals surface area contributed by atoms with Gasteiger partial charge in [-0.15, -0.1) is 0 Å². The Balaban J connectivity index is 0.00000361. The van der Waals surface area contributed by atoms with Crippen molar-refractivity contribution >= 4 is 37.5 Å². The second kappa shape index (κ2) is 8.27. The van der Waals surface area contributed by atoms with Crippen LogP contribution in [0.2, 0.25) is 0 Å². The lowest BCUT2D eigenvalue weighted by molar-refractivity contribution is -0.885. The van der Waals surface area contributed by atoms with Gasteiger partial charge in [0.1, 0.15) is 18.9 Å². The average molecular weight is 429 g/mol. The summed E-state index contributed by atoms with van der Waals surface area (Å²) < 4.78 is 8.44. The lowest BCUT2D eigenvalue weighted by atomic mass is 10.3. The van der Waals surface area contributed by atoms with Crippen molar-refractivity contribution in [1.29, 1.82) is 0 Å². The van der Waals surface area contributed by atoms with Gasteiger partial charge in [-0.25, -0.2) is 0 Å². The summed E-state index contributed by atoms with van der Waals surface area (Å²) >= 11 is 6.93. The van der Waals surface area contributed by atoms with E-state index in [1.165, 1.54) is 5.57 Å². The van der Waals surface area contributed by atoms with Gasteiger partial charge in [-0.1, -0.05) is 6.58 Å². The molecule has 114 valence electrons. The van der Waals surface area contributed by atoms with Crippen LogP contribution in [0.4, 0.5) is 5.69 Å². The van der Waals surface area contributed by atoms with E-state index < -0.39 is 0 Å².